The maximum atomic E-state index is 13.8. The number of nitrogens with two attached hydrogens (primary N) is 1. The van der Waals surface area contributed by atoms with Crippen LogP contribution in [-0.4, -0.2) is 107 Å². The first-order valence-corrected chi connectivity index (χ1v) is 11.5. The molecule has 0 aliphatic rings. The lowest BCUT2D eigenvalue weighted by Gasteiger charge is -2.47. The highest BCUT2D eigenvalue weighted by molar-refractivity contribution is 5.22. The van der Waals surface area contributed by atoms with Crippen molar-refractivity contribution in [3.63, 3.8) is 0 Å². The molecule has 38 heteroatoms. The molecule has 0 aliphatic heterocycles. The van der Waals surface area contributed by atoms with Gasteiger partial charge >= 0.3 is 107 Å². The van der Waals surface area contributed by atoms with Crippen LogP contribution in [0.2, 0.25) is 0 Å². The van der Waals surface area contributed by atoms with Crippen LogP contribution < -0.4 is 5.73 Å². The van der Waals surface area contributed by atoms with Crippen molar-refractivity contribution < 1.29 is 162 Å². The molecule has 1 nitrogen and oxygen atoms in total. The molecule has 0 atom stereocenters. The molecular weight excluding hydrogens is 933 g/mol. The maximum Gasteiger partial charge on any atom is 0.460 e. The summed E-state index contributed by atoms with van der Waals surface area (Å²) in [6, 6.07) is -7.47. The van der Waals surface area contributed by atoms with Gasteiger partial charge in [-0.05, 0) is 0 Å². The quantitative estimate of drug-likeness (QED) is 0.121. The Hall–Kier alpha value is -2.63. The zero-order chi connectivity index (χ0) is 47.0. The Morgan fingerprint density at radius 3 is 0.321 bits per heavy atom. The van der Waals surface area contributed by atoms with Gasteiger partial charge in [-0.25, -0.2) is 0 Å². The van der Waals surface area contributed by atoms with E-state index in [1.165, 1.54) is 0 Å². The third-order valence-corrected chi connectivity index (χ3v) is 6.69. The van der Waals surface area contributed by atoms with Crippen LogP contribution in [0.3, 0.4) is 0 Å². The Labute approximate surface area is 276 Å². The number of alkyl halides is 37. The van der Waals surface area contributed by atoms with Crippen LogP contribution in [0.1, 0.15) is 0 Å². The Morgan fingerprint density at radius 1 is 0.143 bits per heavy atom. The smallest absolute Gasteiger partial charge is 0.267 e. The van der Waals surface area contributed by atoms with Crippen LogP contribution in [0.5, 0.6) is 0 Å². The molecule has 0 heterocycles. The molecule has 0 unspecified atom stereocenters. The van der Waals surface area contributed by atoms with Crippen LogP contribution >= 0.6 is 0 Å². The molecule has 0 spiro atoms. The minimum atomic E-state index is -10.4. The van der Waals surface area contributed by atoms with Gasteiger partial charge in [0, 0.05) is 0 Å². The van der Waals surface area contributed by atoms with Crippen molar-refractivity contribution in [1.82, 2.24) is 0 Å². The summed E-state index contributed by atoms with van der Waals surface area (Å²) in [6.45, 7) is 0. The summed E-state index contributed by atoms with van der Waals surface area (Å²) in [5.41, 5.74) is 2.85. The molecule has 338 valence electrons. The third-order valence-electron chi connectivity index (χ3n) is 6.69. The van der Waals surface area contributed by atoms with Crippen molar-refractivity contribution >= 4 is 0 Å². The summed E-state index contributed by atoms with van der Waals surface area (Å²) in [5.74, 6) is -158. The SMILES string of the molecule is NC(F)(F)C(F)(F)C(F)(F)C(F)(F)C(F)(F)C(F)(F)C(F)(F)C(F)(F)C(F)(F)C(F)(F)C(F)(F)C(F)(F)C(F)(F)C(F)(F)C(F)(F)C(F)(F)C(F)(F)C(F)(F)F. The number of hydrogen-bond donors (Lipinski definition) is 1. The highest BCUT2D eigenvalue weighted by atomic mass is 19.4. The monoisotopic (exact) mass is 935 g/mol. The maximum absolute atomic E-state index is 13.8. The molecule has 0 fully saturated rings. The van der Waals surface area contributed by atoms with E-state index < -0.39 is 107 Å². The molecule has 0 radical (unpaired) electrons. The Bertz CT molecular complexity index is 1330. The highest BCUT2D eigenvalue weighted by Crippen LogP contribution is 2.70. The van der Waals surface area contributed by atoms with Crippen molar-refractivity contribution in [2.24, 2.45) is 5.73 Å². The largest absolute Gasteiger partial charge is 0.460 e. The summed E-state index contributed by atoms with van der Waals surface area (Å²) in [7, 11) is 0. The molecule has 0 aromatic heterocycles. The molecule has 56 heavy (non-hydrogen) atoms. The highest BCUT2D eigenvalue weighted by Gasteiger charge is 3.02. The van der Waals surface area contributed by atoms with Crippen LogP contribution in [-0.2, 0) is 0 Å². The first-order chi connectivity index (χ1) is 23.2. The van der Waals surface area contributed by atoms with E-state index in [1.807, 2.05) is 0 Å². The second-order valence-electron chi connectivity index (χ2n) is 10.3. The third kappa shape index (κ3) is 5.76. The summed E-state index contributed by atoms with van der Waals surface area (Å²) in [6.07, 6.45) is -8.46. The van der Waals surface area contributed by atoms with E-state index in [0.29, 0.717) is 0 Å². The zero-order valence-electron chi connectivity index (χ0n) is 23.6. The van der Waals surface area contributed by atoms with Gasteiger partial charge in [-0.2, -0.15) is 162 Å². The Morgan fingerprint density at radius 2 is 0.232 bits per heavy atom. The minimum Gasteiger partial charge on any atom is -0.267 e. The molecule has 0 saturated carbocycles. The van der Waals surface area contributed by atoms with E-state index in [0.717, 1.165) is 0 Å². The lowest BCUT2D eigenvalue weighted by Crippen LogP contribution is -2.80. The molecule has 0 aromatic carbocycles. The molecule has 0 aliphatic carbocycles. The van der Waals surface area contributed by atoms with Crippen LogP contribution in [0.15, 0.2) is 0 Å². The predicted molar refractivity (Wildman–Crippen MR) is 94.3 cm³/mol. The molecular formula is C18H2F37N. The van der Waals surface area contributed by atoms with Crippen molar-refractivity contribution in [2.75, 3.05) is 0 Å². The zero-order valence-corrected chi connectivity index (χ0v) is 23.6. The van der Waals surface area contributed by atoms with Crippen molar-refractivity contribution in [1.29, 1.82) is 0 Å². The lowest BCUT2D eigenvalue weighted by atomic mass is 9.82. The molecule has 0 saturated heterocycles. The van der Waals surface area contributed by atoms with Crippen LogP contribution in [0, 0.1) is 0 Å². The van der Waals surface area contributed by atoms with E-state index in [4.69, 9.17) is 0 Å². The lowest BCUT2D eigenvalue weighted by molar-refractivity contribution is -0.493. The van der Waals surface area contributed by atoms with Crippen molar-refractivity contribution in [2.45, 2.75) is 107 Å². The standard InChI is InChI=1S/C18H2F37N/c19-1(20,3(23,24)5(27,28)7(31,32)9(35,36)11(39,40)13(43,44)15(47,48)17(51,52)53)2(21,22)4(25,26)6(29,30)8(33,34)10(37,38)12(41,42)14(45,46)16(49,50)18(54,55)56/h56H2. The fraction of sp³-hybridized carbons (Fsp3) is 1.00. The van der Waals surface area contributed by atoms with Gasteiger partial charge in [0.15, 0.2) is 0 Å². The normalized spacial score (nSPS) is 17.5. The molecule has 0 rings (SSSR count). The second kappa shape index (κ2) is 12.4. The predicted octanol–water partition coefficient (Wildman–Crippen LogP) is 11.3. The summed E-state index contributed by atoms with van der Waals surface area (Å²) < 4.78 is 494. The number of rotatable bonds is 16. The summed E-state index contributed by atoms with van der Waals surface area (Å²) in [4.78, 5) is 0. The fourth-order valence-electron chi connectivity index (χ4n) is 3.15. The van der Waals surface area contributed by atoms with E-state index >= 15 is 0 Å². The number of halogens is 37. The van der Waals surface area contributed by atoms with E-state index in [-0.39, 0.29) is 0 Å². The Balaban J connectivity index is 7.85. The van der Waals surface area contributed by atoms with Crippen LogP contribution in [0.4, 0.5) is 162 Å². The van der Waals surface area contributed by atoms with Gasteiger partial charge in [0.2, 0.25) is 0 Å². The number of hydrogen-bond acceptors (Lipinski definition) is 1. The van der Waals surface area contributed by atoms with Gasteiger partial charge < -0.3 is 0 Å². The Kier molecular flexibility index (Phi) is 11.9. The molecule has 0 aromatic rings. The molecule has 0 bridgehead atoms. The van der Waals surface area contributed by atoms with Crippen molar-refractivity contribution in [3.8, 4) is 0 Å². The van der Waals surface area contributed by atoms with E-state index in [9.17, 15) is 162 Å². The van der Waals surface area contributed by atoms with Crippen LogP contribution in [0.25, 0.3) is 0 Å². The van der Waals surface area contributed by atoms with Gasteiger partial charge in [-0.1, -0.05) is 0 Å². The van der Waals surface area contributed by atoms with Gasteiger partial charge in [0.25, 0.3) is 0 Å². The van der Waals surface area contributed by atoms with E-state index in [1.54, 1.807) is 0 Å². The van der Waals surface area contributed by atoms with Gasteiger partial charge in [-0.15, -0.1) is 0 Å². The average molecular weight is 935 g/mol. The summed E-state index contributed by atoms with van der Waals surface area (Å²) in [5, 5.41) is 0. The van der Waals surface area contributed by atoms with Gasteiger partial charge in [0.1, 0.15) is 0 Å². The average Bonchev–Trinajstić information content (AvgIpc) is 2.94. The minimum absolute atomic E-state index is 2.85. The summed E-state index contributed by atoms with van der Waals surface area (Å²) >= 11 is 0. The van der Waals surface area contributed by atoms with Gasteiger partial charge in [0.05, 0.1) is 0 Å². The van der Waals surface area contributed by atoms with Crippen molar-refractivity contribution in [3.05, 3.63) is 0 Å². The molecule has 2 N–H and O–H groups in total. The van der Waals surface area contributed by atoms with Gasteiger partial charge in [-0.3, -0.25) is 5.73 Å². The van der Waals surface area contributed by atoms with E-state index in [2.05, 4.69) is 5.73 Å². The first kappa shape index (κ1) is 53.4. The topological polar surface area (TPSA) is 26.0 Å². The first-order valence-electron chi connectivity index (χ1n) is 11.5. The molecule has 0 amide bonds. The second-order valence-corrected chi connectivity index (χ2v) is 10.3. The fourth-order valence-corrected chi connectivity index (χ4v) is 3.15.